The molecule has 0 aliphatic heterocycles. The molecular formula is C14H19BrN2O3. The van der Waals surface area contributed by atoms with Crippen LogP contribution in [0.15, 0.2) is 18.2 Å². The lowest BCUT2D eigenvalue weighted by atomic mass is 10.00. The van der Waals surface area contributed by atoms with Crippen LogP contribution in [0, 0.1) is 23.0 Å². The Hall–Kier alpha value is -1.43. The zero-order valence-electron chi connectivity index (χ0n) is 11.9. The molecule has 0 saturated carbocycles. The number of carbonyl (C=O) groups excluding carboxylic acids is 1. The van der Waals surface area contributed by atoms with E-state index in [2.05, 4.69) is 21.2 Å². The number of amides is 1. The van der Waals surface area contributed by atoms with E-state index in [0.29, 0.717) is 5.56 Å². The number of rotatable bonds is 6. The van der Waals surface area contributed by atoms with Crippen LogP contribution in [0.25, 0.3) is 0 Å². The number of halogens is 1. The minimum absolute atomic E-state index is 0.0129. The van der Waals surface area contributed by atoms with Gasteiger partial charge in [-0.1, -0.05) is 41.9 Å². The highest BCUT2D eigenvalue weighted by molar-refractivity contribution is 9.09. The summed E-state index contributed by atoms with van der Waals surface area (Å²) < 4.78 is 0. The van der Waals surface area contributed by atoms with Gasteiger partial charge in [0.05, 0.1) is 4.92 Å². The van der Waals surface area contributed by atoms with Gasteiger partial charge in [0.1, 0.15) is 5.56 Å². The maximum absolute atomic E-state index is 12.3. The summed E-state index contributed by atoms with van der Waals surface area (Å²) in [4.78, 5) is 22.9. The average Bonchev–Trinajstić information content (AvgIpc) is 2.37. The molecular weight excluding hydrogens is 324 g/mol. The summed E-state index contributed by atoms with van der Waals surface area (Å²) in [5, 5.41) is 14.7. The van der Waals surface area contributed by atoms with Gasteiger partial charge < -0.3 is 5.32 Å². The molecule has 0 heterocycles. The highest BCUT2D eigenvalue weighted by Gasteiger charge is 2.24. The lowest BCUT2D eigenvalue weighted by Crippen LogP contribution is -2.39. The standard InChI is InChI=1S/C14H19BrN2O3/c1-9(2)11(7-8-15)16-14(18)13-10(3)5-4-6-12(13)17(19)20/h4-6,9,11H,7-8H2,1-3H3,(H,16,18). The summed E-state index contributed by atoms with van der Waals surface area (Å²) in [5.41, 5.74) is 0.611. The van der Waals surface area contributed by atoms with Crippen LogP contribution < -0.4 is 5.32 Å². The van der Waals surface area contributed by atoms with Crippen LogP contribution in [-0.4, -0.2) is 22.2 Å². The molecule has 0 aromatic heterocycles. The van der Waals surface area contributed by atoms with E-state index in [1.165, 1.54) is 6.07 Å². The van der Waals surface area contributed by atoms with Gasteiger partial charge in [0.25, 0.3) is 11.6 Å². The normalized spacial score (nSPS) is 12.2. The third kappa shape index (κ3) is 4.03. The number of hydrogen-bond acceptors (Lipinski definition) is 3. The second-order valence-corrected chi connectivity index (χ2v) is 5.82. The van der Waals surface area contributed by atoms with Crippen LogP contribution in [0.4, 0.5) is 5.69 Å². The molecule has 0 aliphatic carbocycles. The second kappa shape index (κ2) is 7.38. The largest absolute Gasteiger partial charge is 0.349 e. The van der Waals surface area contributed by atoms with Crippen molar-refractivity contribution in [2.24, 2.45) is 5.92 Å². The van der Waals surface area contributed by atoms with E-state index >= 15 is 0 Å². The Morgan fingerprint density at radius 2 is 2.10 bits per heavy atom. The third-order valence-electron chi connectivity index (χ3n) is 3.22. The average molecular weight is 343 g/mol. The van der Waals surface area contributed by atoms with Crippen molar-refractivity contribution in [1.29, 1.82) is 0 Å². The Balaban J connectivity index is 3.05. The number of nitrogens with one attached hydrogen (secondary N) is 1. The Morgan fingerprint density at radius 1 is 1.45 bits per heavy atom. The van der Waals surface area contributed by atoms with Gasteiger partial charge in [-0.15, -0.1) is 0 Å². The van der Waals surface area contributed by atoms with Crippen molar-refractivity contribution in [3.63, 3.8) is 0 Å². The first kappa shape index (κ1) is 16.6. The van der Waals surface area contributed by atoms with Crippen LogP contribution in [0.5, 0.6) is 0 Å². The monoisotopic (exact) mass is 342 g/mol. The topological polar surface area (TPSA) is 72.2 Å². The fourth-order valence-electron chi connectivity index (χ4n) is 2.03. The summed E-state index contributed by atoms with van der Waals surface area (Å²) in [5.74, 6) is -0.117. The molecule has 5 nitrogen and oxygen atoms in total. The summed E-state index contributed by atoms with van der Waals surface area (Å²) in [7, 11) is 0. The highest BCUT2D eigenvalue weighted by atomic mass is 79.9. The zero-order valence-corrected chi connectivity index (χ0v) is 13.4. The molecule has 0 bridgehead atoms. The molecule has 1 N–H and O–H groups in total. The Morgan fingerprint density at radius 3 is 2.60 bits per heavy atom. The fraction of sp³-hybridized carbons (Fsp3) is 0.500. The van der Waals surface area contributed by atoms with Crippen molar-refractivity contribution in [2.45, 2.75) is 33.2 Å². The van der Waals surface area contributed by atoms with E-state index < -0.39 is 4.92 Å². The maximum atomic E-state index is 12.3. The van der Waals surface area contributed by atoms with E-state index in [1.807, 2.05) is 13.8 Å². The minimum atomic E-state index is -0.517. The van der Waals surface area contributed by atoms with Crippen LogP contribution in [0.2, 0.25) is 0 Å². The van der Waals surface area contributed by atoms with Crippen molar-refractivity contribution in [1.82, 2.24) is 5.32 Å². The van der Waals surface area contributed by atoms with Gasteiger partial charge in [0.15, 0.2) is 0 Å². The van der Waals surface area contributed by atoms with Crippen LogP contribution in [0.1, 0.15) is 36.2 Å². The van der Waals surface area contributed by atoms with Gasteiger partial charge in [-0.3, -0.25) is 14.9 Å². The van der Waals surface area contributed by atoms with Gasteiger partial charge in [0, 0.05) is 17.4 Å². The van der Waals surface area contributed by atoms with Crippen molar-refractivity contribution in [3.8, 4) is 0 Å². The molecule has 0 fully saturated rings. The SMILES string of the molecule is Cc1cccc([N+](=O)[O-])c1C(=O)NC(CCBr)C(C)C. The van der Waals surface area contributed by atoms with E-state index in [9.17, 15) is 14.9 Å². The molecule has 0 aliphatic rings. The number of hydrogen-bond donors (Lipinski definition) is 1. The van der Waals surface area contributed by atoms with E-state index in [1.54, 1.807) is 19.1 Å². The maximum Gasteiger partial charge on any atom is 0.282 e. The lowest BCUT2D eigenvalue weighted by Gasteiger charge is -2.22. The number of carbonyl (C=O) groups is 1. The van der Waals surface area contributed by atoms with Gasteiger partial charge >= 0.3 is 0 Å². The Bertz CT molecular complexity index is 503. The summed E-state index contributed by atoms with van der Waals surface area (Å²) in [6.07, 6.45) is 0.781. The summed E-state index contributed by atoms with van der Waals surface area (Å²) in [6, 6.07) is 4.64. The van der Waals surface area contributed by atoms with Crippen molar-refractivity contribution < 1.29 is 9.72 Å². The molecule has 110 valence electrons. The molecule has 1 aromatic rings. The summed E-state index contributed by atoms with van der Waals surface area (Å²) >= 11 is 3.36. The minimum Gasteiger partial charge on any atom is -0.349 e. The Kier molecular flexibility index (Phi) is 6.13. The number of aryl methyl sites for hydroxylation is 1. The molecule has 1 amide bonds. The first-order valence-electron chi connectivity index (χ1n) is 6.49. The lowest BCUT2D eigenvalue weighted by molar-refractivity contribution is -0.385. The molecule has 0 spiro atoms. The van der Waals surface area contributed by atoms with Crippen molar-refractivity contribution in [2.75, 3.05) is 5.33 Å². The van der Waals surface area contributed by atoms with Crippen LogP contribution in [-0.2, 0) is 0 Å². The molecule has 0 saturated heterocycles. The van der Waals surface area contributed by atoms with Gasteiger partial charge in [-0.25, -0.2) is 0 Å². The molecule has 20 heavy (non-hydrogen) atoms. The summed E-state index contributed by atoms with van der Waals surface area (Å²) in [6.45, 7) is 5.73. The fourth-order valence-corrected chi connectivity index (χ4v) is 2.52. The number of benzene rings is 1. The Labute approximate surface area is 127 Å². The van der Waals surface area contributed by atoms with E-state index in [-0.39, 0.29) is 29.1 Å². The van der Waals surface area contributed by atoms with Gasteiger partial charge in [0.2, 0.25) is 0 Å². The molecule has 0 radical (unpaired) electrons. The number of alkyl halides is 1. The smallest absolute Gasteiger partial charge is 0.282 e. The van der Waals surface area contributed by atoms with E-state index in [0.717, 1.165) is 11.8 Å². The third-order valence-corrected chi connectivity index (χ3v) is 3.67. The second-order valence-electron chi connectivity index (χ2n) is 5.03. The van der Waals surface area contributed by atoms with Crippen molar-refractivity contribution >= 4 is 27.5 Å². The molecule has 6 heteroatoms. The number of nitrogens with zero attached hydrogens (tertiary/aromatic N) is 1. The predicted molar refractivity (Wildman–Crippen MR) is 82.3 cm³/mol. The van der Waals surface area contributed by atoms with Crippen LogP contribution >= 0.6 is 15.9 Å². The quantitative estimate of drug-likeness (QED) is 0.489. The van der Waals surface area contributed by atoms with Gasteiger partial charge in [-0.05, 0) is 24.8 Å². The first-order valence-corrected chi connectivity index (χ1v) is 7.61. The first-order chi connectivity index (χ1) is 9.38. The van der Waals surface area contributed by atoms with Crippen molar-refractivity contribution in [3.05, 3.63) is 39.4 Å². The molecule has 1 aromatic carbocycles. The van der Waals surface area contributed by atoms with Gasteiger partial charge in [-0.2, -0.15) is 0 Å². The molecule has 1 unspecified atom stereocenters. The predicted octanol–water partition coefficient (Wildman–Crippen LogP) is 3.44. The van der Waals surface area contributed by atoms with Crippen LogP contribution in [0.3, 0.4) is 0 Å². The van der Waals surface area contributed by atoms with E-state index in [4.69, 9.17) is 0 Å². The molecule has 1 rings (SSSR count). The number of nitro benzene ring substituents is 1. The highest BCUT2D eigenvalue weighted by Crippen LogP contribution is 2.22. The number of nitro groups is 1. The molecule has 1 atom stereocenters. The zero-order chi connectivity index (χ0) is 15.3.